The Labute approximate surface area is 97.2 Å². The van der Waals surface area contributed by atoms with Crippen LogP contribution in [-0.4, -0.2) is 17.1 Å². The summed E-state index contributed by atoms with van der Waals surface area (Å²) in [6.45, 7) is 0. The Morgan fingerprint density at radius 2 is 2.25 bits per heavy atom. The van der Waals surface area contributed by atoms with Gasteiger partial charge in [0, 0.05) is 11.7 Å². The van der Waals surface area contributed by atoms with E-state index in [9.17, 15) is 9.18 Å². The van der Waals surface area contributed by atoms with E-state index in [0.717, 1.165) is 6.42 Å². The predicted octanol–water partition coefficient (Wildman–Crippen LogP) is 2.75. The van der Waals surface area contributed by atoms with Crippen LogP contribution in [0.3, 0.4) is 0 Å². The van der Waals surface area contributed by atoms with E-state index in [2.05, 4.69) is 5.32 Å². The Bertz CT molecular complexity index is 424. The lowest BCUT2D eigenvalue weighted by Crippen LogP contribution is -2.42. The summed E-state index contributed by atoms with van der Waals surface area (Å²) in [6, 6.07) is 4.26. The van der Waals surface area contributed by atoms with E-state index in [1.165, 1.54) is 12.1 Å². The minimum absolute atomic E-state index is 0.0638. The highest BCUT2D eigenvalue weighted by molar-refractivity contribution is 6.30. The summed E-state index contributed by atoms with van der Waals surface area (Å²) in [7, 11) is 0. The highest BCUT2D eigenvalue weighted by atomic mass is 35.5. The van der Waals surface area contributed by atoms with Crippen molar-refractivity contribution in [3.63, 3.8) is 0 Å². The van der Waals surface area contributed by atoms with E-state index in [1.54, 1.807) is 6.07 Å². The molecule has 0 saturated heterocycles. The summed E-state index contributed by atoms with van der Waals surface area (Å²) in [5.74, 6) is -1.69. The topological polar surface area (TPSA) is 49.3 Å². The van der Waals surface area contributed by atoms with Crippen molar-refractivity contribution in [2.45, 2.75) is 18.9 Å². The average Bonchev–Trinajstić information content (AvgIpc) is 2.17. The second-order valence-corrected chi connectivity index (χ2v) is 4.31. The SMILES string of the molecule is O=C(O)C1CCC1Nc1ccc(Cl)c(F)c1. The molecule has 16 heavy (non-hydrogen) atoms. The first-order valence-electron chi connectivity index (χ1n) is 5.02. The first kappa shape index (κ1) is 11.2. The lowest BCUT2D eigenvalue weighted by atomic mass is 9.79. The van der Waals surface area contributed by atoms with Gasteiger partial charge in [-0.15, -0.1) is 0 Å². The zero-order valence-corrected chi connectivity index (χ0v) is 9.17. The van der Waals surface area contributed by atoms with Gasteiger partial charge in [-0.1, -0.05) is 11.6 Å². The summed E-state index contributed by atoms with van der Waals surface area (Å²) < 4.78 is 13.1. The van der Waals surface area contributed by atoms with E-state index in [-0.39, 0.29) is 17.0 Å². The molecule has 1 aliphatic rings. The maximum absolute atomic E-state index is 13.1. The van der Waals surface area contributed by atoms with E-state index in [1.807, 2.05) is 0 Å². The molecule has 0 radical (unpaired) electrons. The number of halogens is 2. The van der Waals surface area contributed by atoms with Crippen LogP contribution in [0.4, 0.5) is 10.1 Å². The molecule has 1 saturated carbocycles. The number of carboxylic acid groups (broad SMARTS) is 1. The van der Waals surface area contributed by atoms with Gasteiger partial charge in [-0.2, -0.15) is 0 Å². The standard InChI is InChI=1S/C11H11ClFNO2/c12-8-3-1-6(5-9(8)13)14-10-4-2-7(10)11(15)16/h1,3,5,7,10,14H,2,4H2,(H,15,16). The molecule has 0 aliphatic heterocycles. The molecule has 2 unspecified atom stereocenters. The third-order valence-electron chi connectivity index (χ3n) is 2.86. The van der Waals surface area contributed by atoms with Crippen molar-refractivity contribution < 1.29 is 14.3 Å². The largest absolute Gasteiger partial charge is 0.481 e. The van der Waals surface area contributed by atoms with Crippen molar-refractivity contribution in [2.75, 3.05) is 5.32 Å². The van der Waals surface area contributed by atoms with Gasteiger partial charge in [0.15, 0.2) is 0 Å². The van der Waals surface area contributed by atoms with Crippen molar-refractivity contribution in [1.29, 1.82) is 0 Å². The van der Waals surface area contributed by atoms with Gasteiger partial charge >= 0.3 is 5.97 Å². The average molecular weight is 244 g/mol. The zero-order chi connectivity index (χ0) is 11.7. The number of nitrogens with one attached hydrogen (secondary N) is 1. The number of hydrogen-bond donors (Lipinski definition) is 2. The number of carboxylic acids is 1. The number of aliphatic carboxylic acids is 1. The fourth-order valence-electron chi connectivity index (χ4n) is 1.77. The van der Waals surface area contributed by atoms with Gasteiger partial charge in [-0.25, -0.2) is 4.39 Å². The van der Waals surface area contributed by atoms with Crippen LogP contribution in [0.15, 0.2) is 18.2 Å². The highest BCUT2D eigenvalue weighted by Crippen LogP contribution is 2.31. The second-order valence-electron chi connectivity index (χ2n) is 3.90. The molecule has 5 heteroatoms. The number of benzene rings is 1. The minimum atomic E-state index is -0.807. The first-order chi connectivity index (χ1) is 7.58. The molecule has 0 bridgehead atoms. The van der Waals surface area contributed by atoms with Crippen molar-refractivity contribution >= 4 is 23.3 Å². The van der Waals surface area contributed by atoms with Crippen LogP contribution < -0.4 is 5.32 Å². The molecular weight excluding hydrogens is 233 g/mol. The molecule has 2 N–H and O–H groups in total. The van der Waals surface area contributed by atoms with Crippen molar-refractivity contribution in [3.8, 4) is 0 Å². The molecule has 0 spiro atoms. The number of hydrogen-bond acceptors (Lipinski definition) is 2. The third kappa shape index (κ3) is 2.11. The van der Waals surface area contributed by atoms with Crippen LogP contribution in [-0.2, 0) is 4.79 Å². The lowest BCUT2D eigenvalue weighted by molar-refractivity contribution is -0.144. The predicted molar refractivity (Wildman–Crippen MR) is 59.2 cm³/mol. The van der Waals surface area contributed by atoms with Crippen molar-refractivity contribution in [1.82, 2.24) is 0 Å². The second kappa shape index (κ2) is 4.29. The Kier molecular flexibility index (Phi) is 3.01. The maximum Gasteiger partial charge on any atom is 0.308 e. The smallest absolute Gasteiger partial charge is 0.308 e. The van der Waals surface area contributed by atoms with Gasteiger partial charge in [-0.05, 0) is 31.0 Å². The molecule has 0 aromatic heterocycles. The Morgan fingerprint density at radius 3 is 2.75 bits per heavy atom. The van der Waals surface area contributed by atoms with Gasteiger partial charge in [0.1, 0.15) is 5.82 Å². The van der Waals surface area contributed by atoms with Crippen molar-refractivity contribution in [2.24, 2.45) is 5.92 Å². The van der Waals surface area contributed by atoms with Crippen LogP contribution in [0.5, 0.6) is 0 Å². The highest BCUT2D eigenvalue weighted by Gasteiger charge is 2.36. The van der Waals surface area contributed by atoms with Crippen LogP contribution in [0.25, 0.3) is 0 Å². The quantitative estimate of drug-likeness (QED) is 0.858. The van der Waals surface area contributed by atoms with E-state index in [0.29, 0.717) is 12.1 Å². The molecular formula is C11H11ClFNO2. The normalized spacial score (nSPS) is 23.6. The summed E-state index contributed by atoms with van der Waals surface area (Å²) in [6.07, 6.45) is 1.46. The summed E-state index contributed by atoms with van der Waals surface area (Å²) in [5, 5.41) is 11.9. The fourth-order valence-corrected chi connectivity index (χ4v) is 1.89. The van der Waals surface area contributed by atoms with E-state index >= 15 is 0 Å². The molecule has 1 aromatic carbocycles. The molecule has 1 fully saturated rings. The number of rotatable bonds is 3. The molecule has 0 heterocycles. The molecule has 2 atom stereocenters. The Hall–Kier alpha value is -1.29. The Balaban J connectivity index is 2.04. The molecule has 1 aliphatic carbocycles. The maximum atomic E-state index is 13.1. The van der Waals surface area contributed by atoms with Gasteiger partial charge < -0.3 is 10.4 Å². The van der Waals surface area contributed by atoms with Crippen molar-refractivity contribution in [3.05, 3.63) is 29.0 Å². The van der Waals surface area contributed by atoms with Crippen LogP contribution >= 0.6 is 11.6 Å². The molecule has 2 rings (SSSR count). The van der Waals surface area contributed by atoms with E-state index < -0.39 is 11.8 Å². The van der Waals surface area contributed by atoms with Gasteiger partial charge in [0.25, 0.3) is 0 Å². The van der Waals surface area contributed by atoms with Crippen LogP contribution in [0.2, 0.25) is 5.02 Å². The number of carbonyl (C=O) groups is 1. The third-order valence-corrected chi connectivity index (χ3v) is 3.17. The lowest BCUT2D eigenvalue weighted by Gasteiger charge is -2.34. The summed E-state index contributed by atoms with van der Waals surface area (Å²) in [4.78, 5) is 10.8. The summed E-state index contributed by atoms with van der Waals surface area (Å²) in [5.41, 5.74) is 0.567. The number of anilines is 1. The molecule has 86 valence electrons. The van der Waals surface area contributed by atoms with Crippen LogP contribution in [0.1, 0.15) is 12.8 Å². The molecule has 0 amide bonds. The molecule has 3 nitrogen and oxygen atoms in total. The Morgan fingerprint density at radius 1 is 1.50 bits per heavy atom. The van der Waals surface area contributed by atoms with Crippen LogP contribution in [0, 0.1) is 11.7 Å². The van der Waals surface area contributed by atoms with Gasteiger partial charge in [0.05, 0.1) is 10.9 Å². The first-order valence-corrected chi connectivity index (χ1v) is 5.40. The summed E-state index contributed by atoms with van der Waals surface area (Å²) >= 11 is 5.55. The minimum Gasteiger partial charge on any atom is -0.481 e. The zero-order valence-electron chi connectivity index (χ0n) is 8.41. The fraction of sp³-hybridized carbons (Fsp3) is 0.364. The van der Waals surface area contributed by atoms with Gasteiger partial charge in [-0.3, -0.25) is 4.79 Å². The van der Waals surface area contributed by atoms with Gasteiger partial charge in [0.2, 0.25) is 0 Å². The van der Waals surface area contributed by atoms with E-state index in [4.69, 9.17) is 16.7 Å². The molecule has 1 aromatic rings. The monoisotopic (exact) mass is 243 g/mol.